The summed E-state index contributed by atoms with van der Waals surface area (Å²) in [5.74, 6) is 0.829. The van der Waals surface area contributed by atoms with Crippen LogP contribution in [0.5, 0.6) is 5.75 Å². The van der Waals surface area contributed by atoms with E-state index in [4.69, 9.17) is 4.74 Å². The van der Waals surface area contributed by atoms with Gasteiger partial charge in [0.05, 0.1) is 13.0 Å². The van der Waals surface area contributed by atoms with Crippen LogP contribution in [0.15, 0.2) is 24.3 Å². The van der Waals surface area contributed by atoms with Gasteiger partial charge in [-0.2, -0.15) is 0 Å². The number of ether oxygens (including phenoxy) is 1. The number of carbonyl (C=O) groups is 1. The summed E-state index contributed by atoms with van der Waals surface area (Å²) in [4.78, 5) is 11.1. The largest absolute Gasteiger partial charge is 0.493 e. The predicted molar refractivity (Wildman–Crippen MR) is 70.5 cm³/mol. The van der Waals surface area contributed by atoms with Gasteiger partial charge in [0.15, 0.2) is 0 Å². The number of hydrogen-bond donors (Lipinski definition) is 2. The third-order valence-corrected chi connectivity index (χ3v) is 2.95. The molecule has 1 fully saturated rings. The van der Waals surface area contributed by atoms with E-state index in [9.17, 15) is 4.79 Å². The summed E-state index contributed by atoms with van der Waals surface area (Å²) in [6.45, 7) is 1.30. The molecule has 0 radical (unpaired) electrons. The Kier molecular flexibility index (Phi) is 4.59. The Bertz CT molecular complexity index is 403. The zero-order valence-electron chi connectivity index (χ0n) is 10.7. The van der Waals surface area contributed by atoms with E-state index in [0.717, 1.165) is 12.3 Å². The van der Waals surface area contributed by atoms with Crippen LogP contribution in [-0.4, -0.2) is 25.6 Å². The van der Waals surface area contributed by atoms with E-state index in [0.29, 0.717) is 19.1 Å². The minimum absolute atomic E-state index is 0.00144. The van der Waals surface area contributed by atoms with E-state index in [1.165, 1.54) is 18.4 Å². The average molecular weight is 248 g/mol. The summed E-state index contributed by atoms with van der Waals surface area (Å²) in [6.07, 6.45) is 2.98. The molecule has 2 N–H and O–H groups in total. The molecule has 0 heterocycles. The van der Waals surface area contributed by atoms with E-state index in [-0.39, 0.29) is 5.91 Å². The lowest BCUT2D eigenvalue weighted by Gasteiger charge is -2.08. The second-order valence-electron chi connectivity index (χ2n) is 4.57. The van der Waals surface area contributed by atoms with E-state index < -0.39 is 0 Å². The number of nitrogens with one attached hydrogen (secondary N) is 2. The average Bonchev–Trinajstić information content (AvgIpc) is 3.21. The lowest BCUT2D eigenvalue weighted by atomic mass is 10.2. The first-order valence-electron chi connectivity index (χ1n) is 6.43. The maximum absolute atomic E-state index is 11.1. The van der Waals surface area contributed by atoms with E-state index in [1.807, 2.05) is 18.2 Å². The van der Waals surface area contributed by atoms with Crippen LogP contribution in [0.2, 0.25) is 0 Å². The van der Waals surface area contributed by atoms with Crippen LogP contribution in [0.25, 0.3) is 0 Å². The standard InChI is InChI=1S/C14H20N2O2/c1-15-14(17)7-8-18-13-4-2-3-11(9-13)10-16-12-5-6-12/h2-4,9,12,16H,5-8,10H2,1H3,(H,15,17). The quantitative estimate of drug-likeness (QED) is 0.768. The summed E-state index contributed by atoms with van der Waals surface area (Å²) in [5.41, 5.74) is 1.22. The highest BCUT2D eigenvalue weighted by molar-refractivity contribution is 5.75. The van der Waals surface area contributed by atoms with Crippen molar-refractivity contribution in [3.05, 3.63) is 29.8 Å². The van der Waals surface area contributed by atoms with Gasteiger partial charge in [0, 0.05) is 19.6 Å². The van der Waals surface area contributed by atoms with Gasteiger partial charge in [-0.25, -0.2) is 0 Å². The molecule has 4 heteroatoms. The van der Waals surface area contributed by atoms with Crippen molar-refractivity contribution in [2.24, 2.45) is 0 Å². The monoisotopic (exact) mass is 248 g/mol. The van der Waals surface area contributed by atoms with Gasteiger partial charge in [0.2, 0.25) is 5.91 Å². The van der Waals surface area contributed by atoms with Gasteiger partial charge >= 0.3 is 0 Å². The van der Waals surface area contributed by atoms with Crippen molar-refractivity contribution >= 4 is 5.91 Å². The molecule has 0 saturated heterocycles. The van der Waals surface area contributed by atoms with E-state index in [2.05, 4.69) is 16.7 Å². The Balaban J connectivity index is 1.76. The van der Waals surface area contributed by atoms with E-state index >= 15 is 0 Å². The Morgan fingerprint density at radius 1 is 1.44 bits per heavy atom. The van der Waals surface area contributed by atoms with Crippen LogP contribution in [0, 0.1) is 0 Å². The minimum Gasteiger partial charge on any atom is -0.493 e. The third-order valence-electron chi connectivity index (χ3n) is 2.95. The molecule has 0 aliphatic heterocycles. The third kappa shape index (κ3) is 4.37. The summed E-state index contributed by atoms with van der Waals surface area (Å²) in [5, 5.41) is 6.04. The zero-order valence-corrected chi connectivity index (χ0v) is 10.7. The number of hydrogen-bond acceptors (Lipinski definition) is 3. The van der Waals surface area contributed by atoms with Crippen LogP contribution in [0.3, 0.4) is 0 Å². The number of carbonyl (C=O) groups excluding carboxylic acids is 1. The van der Waals surface area contributed by atoms with Gasteiger partial charge in [-0.3, -0.25) is 4.79 Å². The molecule has 0 aromatic heterocycles. The molecule has 1 aromatic rings. The Morgan fingerprint density at radius 2 is 2.28 bits per heavy atom. The molecule has 18 heavy (non-hydrogen) atoms. The fraction of sp³-hybridized carbons (Fsp3) is 0.500. The van der Waals surface area contributed by atoms with Crippen molar-refractivity contribution in [2.45, 2.75) is 31.8 Å². The first kappa shape index (κ1) is 12.9. The van der Waals surface area contributed by atoms with Crippen molar-refractivity contribution < 1.29 is 9.53 Å². The van der Waals surface area contributed by atoms with Crippen molar-refractivity contribution in [3.63, 3.8) is 0 Å². The number of benzene rings is 1. The minimum atomic E-state index is 0.00144. The molecule has 0 atom stereocenters. The van der Waals surface area contributed by atoms with Crippen molar-refractivity contribution in [2.75, 3.05) is 13.7 Å². The second-order valence-corrected chi connectivity index (χ2v) is 4.57. The highest BCUT2D eigenvalue weighted by Gasteiger charge is 2.19. The first-order chi connectivity index (χ1) is 8.78. The predicted octanol–water partition coefficient (Wildman–Crippen LogP) is 1.45. The van der Waals surface area contributed by atoms with Gasteiger partial charge in [-0.1, -0.05) is 12.1 Å². The van der Waals surface area contributed by atoms with Crippen LogP contribution in [-0.2, 0) is 11.3 Å². The van der Waals surface area contributed by atoms with Crippen LogP contribution >= 0.6 is 0 Å². The molecule has 4 nitrogen and oxygen atoms in total. The van der Waals surface area contributed by atoms with E-state index in [1.54, 1.807) is 7.05 Å². The molecule has 1 aliphatic carbocycles. The highest BCUT2D eigenvalue weighted by Crippen LogP contribution is 2.20. The summed E-state index contributed by atoms with van der Waals surface area (Å²) in [6, 6.07) is 8.73. The molecule has 1 aromatic carbocycles. The van der Waals surface area contributed by atoms with Gasteiger partial charge < -0.3 is 15.4 Å². The fourth-order valence-electron chi connectivity index (χ4n) is 1.68. The molecule has 2 rings (SSSR count). The number of rotatable bonds is 7. The Hall–Kier alpha value is -1.55. The van der Waals surface area contributed by atoms with Crippen molar-refractivity contribution in [1.29, 1.82) is 0 Å². The SMILES string of the molecule is CNC(=O)CCOc1cccc(CNC2CC2)c1. The van der Waals surface area contributed by atoms with Gasteiger partial charge in [0.1, 0.15) is 5.75 Å². The lowest BCUT2D eigenvalue weighted by Crippen LogP contribution is -2.20. The second kappa shape index (κ2) is 6.40. The normalized spacial score (nSPS) is 14.3. The molecule has 1 aliphatic rings. The summed E-state index contributed by atoms with van der Waals surface area (Å²) < 4.78 is 5.55. The molecular formula is C14H20N2O2. The Labute approximate surface area is 108 Å². The molecule has 0 unspecified atom stereocenters. The smallest absolute Gasteiger partial charge is 0.223 e. The molecule has 98 valence electrons. The van der Waals surface area contributed by atoms with Gasteiger partial charge in [0.25, 0.3) is 0 Å². The fourth-order valence-corrected chi connectivity index (χ4v) is 1.68. The topological polar surface area (TPSA) is 50.4 Å². The van der Waals surface area contributed by atoms with Crippen molar-refractivity contribution in [3.8, 4) is 5.75 Å². The van der Waals surface area contributed by atoms with Crippen LogP contribution in [0.1, 0.15) is 24.8 Å². The first-order valence-corrected chi connectivity index (χ1v) is 6.43. The summed E-state index contributed by atoms with van der Waals surface area (Å²) in [7, 11) is 1.63. The van der Waals surface area contributed by atoms with Gasteiger partial charge in [-0.15, -0.1) is 0 Å². The maximum atomic E-state index is 11.1. The molecule has 1 amide bonds. The van der Waals surface area contributed by atoms with Crippen LogP contribution < -0.4 is 15.4 Å². The maximum Gasteiger partial charge on any atom is 0.223 e. The van der Waals surface area contributed by atoms with Crippen LogP contribution in [0.4, 0.5) is 0 Å². The molecular weight excluding hydrogens is 228 g/mol. The number of amides is 1. The molecule has 0 bridgehead atoms. The summed E-state index contributed by atoms with van der Waals surface area (Å²) >= 11 is 0. The molecule has 1 saturated carbocycles. The van der Waals surface area contributed by atoms with Gasteiger partial charge in [-0.05, 0) is 30.5 Å². The Morgan fingerprint density at radius 3 is 3.00 bits per heavy atom. The lowest BCUT2D eigenvalue weighted by molar-refractivity contribution is -0.121. The molecule has 0 spiro atoms. The van der Waals surface area contributed by atoms with Crippen molar-refractivity contribution in [1.82, 2.24) is 10.6 Å². The zero-order chi connectivity index (χ0) is 12.8. The highest BCUT2D eigenvalue weighted by atomic mass is 16.5.